The number of benzene rings is 1. The summed E-state index contributed by atoms with van der Waals surface area (Å²) in [5.74, 6) is 2.23. The van der Waals surface area contributed by atoms with Gasteiger partial charge in [-0.15, -0.1) is 11.8 Å². The van der Waals surface area contributed by atoms with Gasteiger partial charge in [-0.1, -0.05) is 13.0 Å². The molecule has 3 nitrogen and oxygen atoms in total. The summed E-state index contributed by atoms with van der Waals surface area (Å²) < 4.78 is 10.5. The van der Waals surface area contributed by atoms with Gasteiger partial charge in [0.05, 0.1) is 19.1 Å². The Labute approximate surface area is 100 Å². The van der Waals surface area contributed by atoms with E-state index >= 15 is 0 Å². The number of ether oxygens (including phenoxy) is 2. The summed E-state index contributed by atoms with van der Waals surface area (Å²) in [6, 6.07) is 5.73. The number of carbonyl (C=O) groups is 1. The predicted octanol–water partition coefficient (Wildman–Crippen LogP) is 2.63. The topological polar surface area (TPSA) is 35.5 Å². The van der Waals surface area contributed by atoms with Crippen LogP contribution in [0.25, 0.3) is 0 Å². The van der Waals surface area contributed by atoms with E-state index in [2.05, 4.69) is 0 Å². The van der Waals surface area contributed by atoms with Gasteiger partial charge in [-0.2, -0.15) is 0 Å². The van der Waals surface area contributed by atoms with Gasteiger partial charge in [-0.3, -0.25) is 0 Å². The number of hydrogen-bond acceptors (Lipinski definition) is 4. The van der Waals surface area contributed by atoms with Crippen LogP contribution in [0.5, 0.6) is 11.5 Å². The molecule has 16 heavy (non-hydrogen) atoms. The number of hydrogen-bond donors (Lipinski definition) is 0. The van der Waals surface area contributed by atoms with Gasteiger partial charge in [0.25, 0.3) is 0 Å². The molecule has 0 saturated carbocycles. The van der Waals surface area contributed by atoms with Crippen molar-refractivity contribution >= 4 is 18.0 Å². The average Bonchev–Trinajstić information content (AvgIpc) is 2.34. The van der Waals surface area contributed by atoms with Crippen LogP contribution in [0.4, 0.5) is 0 Å². The van der Waals surface area contributed by atoms with Gasteiger partial charge < -0.3 is 14.3 Å². The second-order valence-corrected chi connectivity index (χ2v) is 4.48. The van der Waals surface area contributed by atoms with Crippen LogP contribution in [0, 0.1) is 5.92 Å². The molecule has 0 amide bonds. The van der Waals surface area contributed by atoms with Gasteiger partial charge in [-0.05, 0) is 12.1 Å². The number of aldehydes is 1. The lowest BCUT2D eigenvalue weighted by Gasteiger charge is -2.12. The molecule has 4 heteroatoms. The molecule has 0 N–H and O–H groups in total. The first-order chi connectivity index (χ1) is 7.72. The van der Waals surface area contributed by atoms with E-state index in [-0.39, 0.29) is 5.92 Å². The smallest absolute Gasteiger partial charge is 0.174 e. The fourth-order valence-corrected chi connectivity index (χ4v) is 2.24. The molecular weight excluding hydrogens is 224 g/mol. The van der Waals surface area contributed by atoms with Crippen LogP contribution in [0.1, 0.15) is 6.92 Å². The molecule has 88 valence electrons. The minimum absolute atomic E-state index is 0.0425. The first kappa shape index (κ1) is 12.9. The Morgan fingerprint density at radius 1 is 1.38 bits per heavy atom. The normalized spacial score (nSPS) is 11.9. The summed E-state index contributed by atoms with van der Waals surface area (Å²) in [7, 11) is 3.23. The lowest BCUT2D eigenvalue weighted by atomic mass is 10.3. The van der Waals surface area contributed by atoms with Gasteiger partial charge in [0.2, 0.25) is 0 Å². The zero-order chi connectivity index (χ0) is 12.0. The fraction of sp³-hybridized carbons (Fsp3) is 0.417. The van der Waals surface area contributed by atoms with Crippen molar-refractivity contribution in [3.05, 3.63) is 18.2 Å². The molecule has 0 radical (unpaired) electrons. The van der Waals surface area contributed by atoms with E-state index in [1.807, 2.05) is 25.1 Å². The van der Waals surface area contributed by atoms with E-state index in [0.29, 0.717) is 5.75 Å². The zero-order valence-electron chi connectivity index (χ0n) is 9.73. The first-order valence-corrected chi connectivity index (χ1v) is 6.00. The van der Waals surface area contributed by atoms with Crippen molar-refractivity contribution in [2.45, 2.75) is 11.8 Å². The Balaban J connectivity index is 2.82. The maximum atomic E-state index is 10.5. The number of carbonyl (C=O) groups excluding carboxylic acids is 1. The average molecular weight is 240 g/mol. The number of thioether (sulfide) groups is 1. The van der Waals surface area contributed by atoms with Gasteiger partial charge in [0, 0.05) is 11.7 Å². The maximum Gasteiger partial charge on any atom is 0.174 e. The molecule has 0 heterocycles. The monoisotopic (exact) mass is 240 g/mol. The minimum Gasteiger partial charge on any atom is -0.493 e. The maximum absolute atomic E-state index is 10.5. The molecule has 0 unspecified atom stereocenters. The minimum atomic E-state index is 0.0425. The van der Waals surface area contributed by atoms with Gasteiger partial charge in [0.15, 0.2) is 11.5 Å². The quantitative estimate of drug-likeness (QED) is 0.565. The van der Waals surface area contributed by atoms with Crippen molar-refractivity contribution in [2.24, 2.45) is 5.92 Å². The van der Waals surface area contributed by atoms with Crippen LogP contribution in [0.3, 0.4) is 0 Å². The van der Waals surface area contributed by atoms with Gasteiger partial charge in [0.1, 0.15) is 6.29 Å². The lowest BCUT2D eigenvalue weighted by molar-refractivity contribution is -0.110. The second kappa shape index (κ2) is 6.43. The standard InChI is InChI=1S/C12H16O3S/c1-9(7-13)8-16-11-6-4-5-10(14-2)12(11)15-3/h4-7,9H,8H2,1-3H3/t9-/m0/s1. The van der Waals surface area contributed by atoms with Crippen LogP contribution in [0.2, 0.25) is 0 Å². The summed E-state index contributed by atoms with van der Waals surface area (Å²) >= 11 is 1.60. The van der Waals surface area contributed by atoms with Crippen LogP contribution >= 0.6 is 11.8 Å². The third kappa shape index (κ3) is 3.17. The number of rotatable bonds is 6. The Bertz CT molecular complexity index is 352. The van der Waals surface area contributed by atoms with Crippen molar-refractivity contribution in [3.63, 3.8) is 0 Å². The van der Waals surface area contributed by atoms with E-state index in [0.717, 1.165) is 22.7 Å². The number of methoxy groups -OCH3 is 2. The van der Waals surface area contributed by atoms with Crippen molar-refractivity contribution in [1.29, 1.82) is 0 Å². The number of para-hydroxylation sites is 1. The van der Waals surface area contributed by atoms with Crippen molar-refractivity contribution < 1.29 is 14.3 Å². The summed E-state index contributed by atoms with van der Waals surface area (Å²) in [5.41, 5.74) is 0. The molecule has 0 aromatic heterocycles. The van der Waals surface area contributed by atoms with Crippen LogP contribution < -0.4 is 9.47 Å². The molecule has 1 aromatic carbocycles. The summed E-state index contributed by atoms with van der Waals surface area (Å²) in [5, 5.41) is 0. The highest BCUT2D eigenvalue weighted by atomic mass is 32.2. The molecular formula is C12H16O3S. The van der Waals surface area contributed by atoms with Crippen molar-refractivity contribution in [1.82, 2.24) is 0 Å². The predicted molar refractivity (Wildman–Crippen MR) is 65.5 cm³/mol. The molecule has 0 aliphatic rings. The van der Waals surface area contributed by atoms with Gasteiger partial charge >= 0.3 is 0 Å². The zero-order valence-corrected chi connectivity index (χ0v) is 10.5. The van der Waals surface area contributed by atoms with E-state index < -0.39 is 0 Å². The molecule has 1 rings (SSSR count). The highest BCUT2D eigenvalue weighted by Gasteiger charge is 2.10. The Kier molecular flexibility index (Phi) is 5.19. The highest BCUT2D eigenvalue weighted by molar-refractivity contribution is 7.99. The molecule has 0 saturated heterocycles. The van der Waals surface area contributed by atoms with Crippen molar-refractivity contribution in [2.75, 3.05) is 20.0 Å². The first-order valence-electron chi connectivity index (χ1n) is 5.02. The molecule has 1 aromatic rings. The summed E-state index contributed by atoms with van der Waals surface area (Å²) in [4.78, 5) is 11.5. The van der Waals surface area contributed by atoms with Crippen molar-refractivity contribution in [3.8, 4) is 11.5 Å². The van der Waals surface area contributed by atoms with E-state index in [4.69, 9.17) is 9.47 Å². The molecule has 0 bridgehead atoms. The molecule has 0 aliphatic heterocycles. The summed E-state index contributed by atoms with van der Waals surface area (Å²) in [6.07, 6.45) is 0.958. The van der Waals surface area contributed by atoms with Crippen LogP contribution in [-0.4, -0.2) is 26.3 Å². The Morgan fingerprint density at radius 3 is 2.69 bits per heavy atom. The Morgan fingerprint density at radius 2 is 2.12 bits per heavy atom. The van der Waals surface area contributed by atoms with Crippen LogP contribution in [-0.2, 0) is 4.79 Å². The third-order valence-corrected chi connectivity index (χ3v) is 3.43. The van der Waals surface area contributed by atoms with Gasteiger partial charge in [-0.25, -0.2) is 0 Å². The Hall–Kier alpha value is -1.16. The van der Waals surface area contributed by atoms with Crippen LogP contribution in [0.15, 0.2) is 23.1 Å². The summed E-state index contributed by atoms with van der Waals surface area (Å²) in [6.45, 7) is 1.90. The molecule has 0 fully saturated rings. The molecule has 0 aliphatic carbocycles. The van der Waals surface area contributed by atoms with E-state index in [1.54, 1.807) is 26.0 Å². The largest absolute Gasteiger partial charge is 0.493 e. The molecule has 1 atom stereocenters. The van der Waals surface area contributed by atoms with E-state index in [1.165, 1.54) is 0 Å². The fourth-order valence-electron chi connectivity index (χ4n) is 1.23. The molecule has 0 spiro atoms. The SMILES string of the molecule is COc1cccc(SC[C@@H](C)C=O)c1OC. The van der Waals surface area contributed by atoms with E-state index in [9.17, 15) is 4.79 Å². The lowest BCUT2D eigenvalue weighted by Crippen LogP contribution is -1.99. The third-order valence-electron chi connectivity index (χ3n) is 2.10. The highest BCUT2D eigenvalue weighted by Crippen LogP contribution is 2.37. The second-order valence-electron chi connectivity index (χ2n) is 3.42.